The lowest BCUT2D eigenvalue weighted by molar-refractivity contribution is -0.115. The molecule has 24 heavy (non-hydrogen) atoms. The molecule has 0 bridgehead atoms. The minimum Gasteiger partial charge on any atom is -0.326 e. The molecule has 0 aliphatic rings. The summed E-state index contributed by atoms with van der Waals surface area (Å²) in [4.78, 5) is 16.2. The molecule has 0 unspecified atom stereocenters. The van der Waals surface area contributed by atoms with E-state index in [1.807, 2.05) is 0 Å². The Labute approximate surface area is 139 Å². The first-order valence-corrected chi connectivity index (χ1v) is 7.84. The first-order chi connectivity index (χ1) is 11.5. The smallest absolute Gasteiger partial charge is 0.230 e. The Kier molecular flexibility index (Phi) is 4.61. The van der Waals surface area contributed by atoms with Gasteiger partial charge in [-0.05, 0) is 24.3 Å². The monoisotopic (exact) mass is 348 g/mol. The van der Waals surface area contributed by atoms with Crippen molar-refractivity contribution in [2.45, 2.75) is 6.42 Å². The molecule has 7 heteroatoms. The SMILES string of the molecule is O=C(Cc1csc(-c2cccc(F)c2)n1)Nc1cc(F)cc(F)c1. The van der Waals surface area contributed by atoms with E-state index in [1.165, 1.54) is 23.5 Å². The number of rotatable bonds is 4. The van der Waals surface area contributed by atoms with Gasteiger partial charge < -0.3 is 5.32 Å². The summed E-state index contributed by atoms with van der Waals surface area (Å²) in [5, 5.41) is 4.69. The topological polar surface area (TPSA) is 42.0 Å². The number of carbonyl (C=O) groups is 1. The van der Waals surface area contributed by atoms with Gasteiger partial charge in [0.25, 0.3) is 0 Å². The predicted octanol–water partition coefficient (Wildman–Crippen LogP) is 4.41. The third-order valence-electron chi connectivity index (χ3n) is 3.11. The van der Waals surface area contributed by atoms with Crippen molar-refractivity contribution in [1.29, 1.82) is 0 Å². The Morgan fingerprint density at radius 2 is 1.79 bits per heavy atom. The van der Waals surface area contributed by atoms with E-state index in [2.05, 4.69) is 10.3 Å². The zero-order valence-corrected chi connectivity index (χ0v) is 13.0. The van der Waals surface area contributed by atoms with Crippen LogP contribution in [0.5, 0.6) is 0 Å². The minimum atomic E-state index is -0.771. The minimum absolute atomic E-state index is 0.0399. The number of carbonyl (C=O) groups excluding carboxylic acids is 1. The van der Waals surface area contributed by atoms with Crippen LogP contribution in [-0.4, -0.2) is 10.9 Å². The average molecular weight is 348 g/mol. The van der Waals surface area contributed by atoms with Gasteiger partial charge in [-0.1, -0.05) is 12.1 Å². The lowest BCUT2D eigenvalue weighted by Gasteiger charge is -2.04. The summed E-state index contributed by atoms with van der Waals surface area (Å²) in [6, 6.07) is 8.78. The van der Waals surface area contributed by atoms with Gasteiger partial charge in [-0.25, -0.2) is 18.2 Å². The second-order valence-electron chi connectivity index (χ2n) is 5.04. The van der Waals surface area contributed by atoms with Crippen molar-refractivity contribution in [3.63, 3.8) is 0 Å². The predicted molar refractivity (Wildman–Crippen MR) is 86.2 cm³/mol. The number of hydrogen-bond donors (Lipinski definition) is 1. The highest BCUT2D eigenvalue weighted by atomic mass is 32.1. The Balaban J connectivity index is 1.69. The molecule has 3 aromatic rings. The fraction of sp³-hybridized carbons (Fsp3) is 0.0588. The standard InChI is InChI=1S/C17H11F3N2OS/c18-11-3-1-2-10(4-11)17-22-15(9-24-17)8-16(23)21-14-6-12(19)5-13(20)7-14/h1-7,9H,8H2,(H,21,23). The van der Waals surface area contributed by atoms with Gasteiger partial charge in [0.15, 0.2) is 0 Å². The summed E-state index contributed by atoms with van der Waals surface area (Å²) in [6.07, 6.45) is -0.0516. The quantitative estimate of drug-likeness (QED) is 0.759. The van der Waals surface area contributed by atoms with E-state index >= 15 is 0 Å². The molecule has 2 aromatic carbocycles. The number of halogens is 3. The highest BCUT2D eigenvalue weighted by Gasteiger charge is 2.11. The van der Waals surface area contributed by atoms with Crippen molar-refractivity contribution < 1.29 is 18.0 Å². The van der Waals surface area contributed by atoms with Crippen LogP contribution in [0.2, 0.25) is 0 Å². The highest BCUT2D eigenvalue weighted by Crippen LogP contribution is 2.24. The van der Waals surface area contributed by atoms with E-state index in [0.29, 0.717) is 16.3 Å². The summed E-state index contributed by atoms with van der Waals surface area (Å²) >= 11 is 1.29. The van der Waals surface area contributed by atoms with Gasteiger partial charge in [0, 0.05) is 22.7 Å². The normalized spacial score (nSPS) is 10.6. The number of hydrogen-bond acceptors (Lipinski definition) is 3. The van der Waals surface area contributed by atoms with Gasteiger partial charge in [-0.3, -0.25) is 4.79 Å². The first kappa shape index (κ1) is 16.2. The van der Waals surface area contributed by atoms with Crippen molar-refractivity contribution in [2.24, 2.45) is 0 Å². The third-order valence-corrected chi connectivity index (χ3v) is 4.05. The number of nitrogens with zero attached hydrogens (tertiary/aromatic N) is 1. The molecule has 122 valence electrons. The Morgan fingerprint density at radius 1 is 1.04 bits per heavy atom. The maximum absolute atomic E-state index is 13.2. The second kappa shape index (κ2) is 6.84. The van der Waals surface area contributed by atoms with Gasteiger partial charge >= 0.3 is 0 Å². The summed E-state index contributed by atoms with van der Waals surface area (Å²) in [6.45, 7) is 0. The molecular weight excluding hydrogens is 337 g/mol. The van der Waals surface area contributed by atoms with Crippen LogP contribution >= 0.6 is 11.3 Å². The van der Waals surface area contributed by atoms with Crippen LogP contribution in [0.3, 0.4) is 0 Å². The fourth-order valence-corrected chi connectivity index (χ4v) is 2.95. The van der Waals surface area contributed by atoms with Gasteiger partial charge in [0.1, 0.15) is 22.5 Å². The second-order valence-corrected chi connectivity index (χ2v) is 5.90. The molecule has 1 amide bonds. The van der Waals surface area contributed by atoms with E-state index in [-0.39, 0.29) is 17.9 Å². The first-order valence-electron chi connectivity index (χ1n) is 6.96. The van der Waals surface area contributed by atoms with Crippen molar-refractivity contribution >= 4 is 22.9 Å². The summed E-state index contributed by atoms with van der Waals surface area (Å²) < 4.78 is 39.4. The van der Waals surface area contributed by atoms with Crippen LogP contribution in [0, 0.1) is 17.5 Å². The maximum atomic E-state index is 13.2. The molecule has 3 nitrogen and oxygen atoms in total. The molecule has 3 rings (SSSR count). The van der Waals surface area contributed by atoms with E-state index in [0.717, 1.165) is 18.2 Å². The van der Waals surface area contributed by atoms with E-state index in [4.69, 9.17) is 0 Å². The highest BCUT2D eigenvalue weighted by molar-refractivity contribution is 7.13. The van der Waals surface area contributed by atoms with Gasteiger partial charge in [-0.15, -0.1) is 11.3 Å². The Morgan fingerprint density at radius 3 is 2.50 bits per heavy atom. The molecule has 1 aromatic heterocycles. The number of amides is 1. The van der Waals surface area contributed by atoms with Gasteiger partial charge in [0.05, 0.1) is 12.1 Å². The fourth-order valence-electron chi connectivity index (χ4n) is 2.14. The lowest BCUT2D eigenvalue weighted by Crippen LogP contribution is -2.14. The van der Waals surface area contributed by atoms with Gasteiger partial charge in [-0.2, -0.15) is 0 Å². The third kappa shape index (κ3) is 3.99. The maximum Gasteiger partial charge on any atom is 0.230 e. The molecule has 0 aliphatic heterocycles. The molecular formula is C17H11F3N2OS. The van der Waals surface area contributed by atoms with Crippen LogP contribution in [0.25, 0.3) is 10.6 Å². The lowest BCUT2D eigenvalue weighted by atomic mass is 10.2. The molecule has 0 atom stereocenters. The van der Waals surface area contributed by atoms with Crippen LogP contribution < -0.4 is 5.32 Å². The van der Waals surface area contributed by atoms with E-state index in [9.17, 15) is 18.0 Å². The number of benzene rings is 2. The number of anilines is 1. The van der Waals surface area contributed by atoms with Crippen LogP contribution in [-0.2, 0) is 11.2 Å². The summed E-state index contributed by atoms with van der Waals surface area (Å²) in [5.41, 5.74) is 1.16. The zero-order valence-electron chi connectivity index (χ0n) is 12.2. The Hall–Kier alpha value is -2.67. The van der Waals surface area contributed by atoms with Crippen LogP contribution in [0.1, 0.15) is 5.69 Å². The van der Waals surface area contributed by atoms with Crippen molar-refractivity contribution in [3.8, 4) is 10.6 Å². The van der Waals surface area contributed by atoms with E-state index in [1.54, 1.807) is 17.5 Å². The summed E-state index contributed by atoms with van der Waals surface area (Å²) in [7, 11) is 0. The molecule has 0 saturated heterocycles. The van der Waals surface area contributed by atoms with E-state index < -0.39 is 17.5 Å². The van der Waals surface area contributed by atoms with Crippen molar-refractivity contribution in [1.82, 2.24) is 4.98 Å². The average Bonchev–Trinajstić information content (AvgIpc) is 2.94. The molecule has 1 heterocycles. The summed E-state index contributed by atoms with van der Waals surface area (Å²) in [5.74, 6) is -2.36. The number of thiazole rings is 1. The van der Waals surface area contributed by atoms with Crippen molar-refractivity contribution in [2.75, 3.05) is 5.32 Å². The van der Waals surface area contributed by atoms with Crippen LogP contribution in [0.4, 0.5) is 18.9 Å². The van der Waals surface area contributed by atoms with Crippen LogP contribution in [0.15, 0.2) is 47.8 Å². The molecule has 1 N–H and O–H groups in total. The van der Waals surface area contributed by atoms with Crippen molar-refractivity contribution in [3.05, 3.63) is 71.0 Å². The molecule has 0 aliphatic carbocycles. The molecule has 0 saturated carbocycles. The van der Waals surface area contributed by atoms with Gasteiger partial charge in [0.2, 0.25) is 5.91 Å². The Bertz CT molecular complexity index is 875. The molecule has 0 spiro atoms. The largest absolute Gasteiger partial charge is 0.326 e. The number of aromatic nitrogens is 1. The molecule has 0 radical (unpaired) electrons. The zero-order chi connectivity index (χ0) is 17.1. The number of nitrogens with one attached hydrogen (secondary N) is 1. The molecule has 0 fully saturated rings.